The lowest BCUT2D eigenvalue weighted by atomic mass is 9.73. The molecular weight excluding hydrogens is 330 g/mol. The average Bonchev–Trinajstić information content (AvgIpc) is 2.96. The zero-order valence-electron chi connectivity index (χ0n) is 15.0. The summed E-state index contributed by atoms with van der Waals surface area (Å²) in [7, 11) is 0. The van der Waals surface area contributed by atoms with Gasteiger partial charge in [0.05, 0.1) is 0 Å². The van der Waals surface area contributed by atoms with Gasteiger partial charge in [-0.3, -0.25) is 9.69 Å². The maximum atomic E-state index is 11.0. The number of thioether (sulfide) groups is 1. The molecular formula is C20H27N3OS. The molecule has 1 aromatic carbocycles. The molecule has 1 saturated heterocycles. The number of benzene rings is 1. The molecule has 0 saturated carbocycles. The first kappa shape index (κ1) is 17.0. The minimum Gasteiger partial charge on any atom is -0.357 e. The molecule has 1 aliphatic heterocycles. The number of nitrogens with one attached hydrogen (secondary N) is 2. The van der Waals surface area contributed by atoms with Crippen molar-refractivity contribution in [2.45, 2.75) is 49.9 Å². The van der Waals surface area contributed by atoms with E-state index in [0.29, 0.717) is 12.0 Å². The number of hydrogen-bond acceptors (Lipinski definition) is 3. The van der Waals surface area contributed by atoms with Crippen molar-refractivity contribution < 1.29 is 4.79 Å². The maximum Gasteiger partial charge on any atom is 0.207 e. The molecule has 1 aliphatic carbocycles. The number of amides is 1. The Labute approximate surface area is 153 Å². The van der Waals surface area contributed by atoms with Crippen molar-refractivity contribution in [3.8, 4) is 0 Å². The molecule has 1 aromatic heterocycles. The largest absolute Gasteiger partial charge is 0.357 e. The molecule has 134 valence electrons. The van der Waals surface area contributed by atoms with E-state index in [2.05, 4.69) is 46.6 Å². The van der Waals surface area contributed by atoms with E-state index in [1.54, 1.807) is 0 Å². The van der Waals surface area contributed by atoms with E-state index >= 15 is 0 Å². The van der Waals surface area contributed by atoms with Crippen LogP contribution in [0, 0.1) is 0 Å². The summed E-state index contributed by atoms with van der Waals surface area (Å²) < 4.78 is 0. The molecule has 2 heterocycles. The predicted octanol–water partition coefficient (Wildman–Crippen LogP) is 3.27. The summed E-state index contributed by atoms with van der Waals surface area (Å²) in [5.41, 5.74) is 5.69. The third-order valence-electron chi connectivity index (χ3n) is 5.89. The second kappa shape index (κ2) is 7.04. The summed E-state index contributed by atoms with van der Waals surface area (Å²) in [4.78, 5) is 17.3. The van der Waals surface area contributed by atoms with Gasteiger partial charge in [0.2, 0.25) is 6.41 Å². The Balaban J connectivity index is 1.79. The number of aromatic amines is 1. The highest BCUT2D eigenvalue weighted by Gasteiger charge is 2.41. The normalized spacial score (nSPS) is 25.8. The van der Waals surface area contributed by atoms with Crippen LogP contribution in [0.15, 0.2) is 18.2 Å². The van der Waals surface area contributed by atoms with Gasteiger partial charge >= 0.3 is 0 Å². The molecule has 0 spiro atoms. The van der Waals surface area contributed by atoms with E-state index in [9.17, 15) is 4.79 Å². The van der Waals surface area contributed by atoms with Gasteiger partial charge in [-0.05, 0) is 49.3 Å². The molecule has 2 aliphatic rings. The third-order valence-corrected chi connectivity index (χ3v) is 6.47. The van der Waals surface area contributed by atoms with Gasteiger partial charge in [-0.25, -0.2) is 0 Å². The topological polar surface area (TPSA) is 48.1 Å². The standard InChI is InChI=1S/C20H27N3OS/c1-3-7-23-10-13(21-12-24)8-15-14-5-4-6-17-20(14)16(9-19(15)23)18(22-17)11-25-2/h4-6,12-13,15,19,22H,3,7-11H2,1-2H3,(H,21,24)/t13-,15?,19+/m0/s1. The Morgan fingerprint density at radius 2 is 2.32 bits per heavy atom. The third kappa shape index (κ3) is 2.87. The molecule has 0 bridgehead atoms. The van der Waals surface area contributed by atoms with E-state index < -0.39 is 0 Å². The molecule has 1 amide bonds. The zero-order chi connectivity index (χ0) is 17.4. The van der Waals surface area contributed by atoms with Crippen LogP contribution in [0.5, 0.6) is 0 Å². The first-order valence-corrected chi connectivity index (χ1v) is 10.7. The Morgan fingerprint density at radius 1 is 1.44 bits per heavy atom. The SMILES string of the molecule is CCCN1C[C@@H](NC=O)CC2c3cccc4[nH]c(CSC)c(c34)C[C@H]21. The quantitative estimate of drug-likeness (QED) is 0.780. The number of H-pyrrole nitrogens is 1. The molecule has 4 rings (SSSR count). The van der Waals surface area contributed by atoms with Crippen molar-refractivity contribution in [3.63, 3.8) is 0 Å². The lowest BCUT2D eigenvalue weighted by molar-refractivity contribution is -0.110. The van der Waals surface area contributed by atoms with Gasteiger partial charge in [-0.1, -0.05) is 19.1 Å². The molecule has 1 unspecified atom stereocenters. The van der Waals surface area contributed by atoms with Crippen LogP contribution in [0.2, 0.25) is 0 Å². The van der Waals surface area contributed by atoms with E-state index in [1.165, 1.54) is 27.7 Å². The maximum absolute atomic E-state index is 11.0. The van der Waals surface area contributed by atoms with Crippen molar-refractivity contribution >= 4 is 29.1 Å². The molecule has 25 heavy (non-hydrogen) atoms. The molecule has 2 N–H and O–H groups in total. The number of carbonyl (C=O) groups is 1. The number of fused-ring (bicyclic) bond motifs is 2. The Kier molecular flexibility index (Phi) is 4.78. The average molecular weight is 358 g/mol. The smallest absolute Gasteiger partial charge is 0.207 e. The molecule has 3 atom stereocenters. The first-order valence-electron chi connectivity index (χ1n) is 9.31. The lowest BCUT2D eigenvalue weighted by Gasteiger charge is -2.47. The minimum atomic E-state index is 0.256. The number of hydrogen-bond donors (Lipinski definition) is 2. The van der Waals surface area contributed by atoms with E-state index in [1.807, 2.05) is 11.8 Å². The first-order chi connectivity index (χ1) is 12.3. The minimum absolute atomic E-state index is 0.256. The van der Waals surface area contributed by atoms with E-state index in [4.69, 9.17) is 0 Å². The fourth-order valence-electron chi connectivity index (χ4n) is 4.99. The predicted molar refractivity (Wildman–Crippen MR) is 105 cm³/mol. The Hall–Kier alpha value is -1.46. The monoisotopic (exact) mass is 357 g/mol. The van der Waals surface area contributed by atoms with E-state index in [-0.39, 0.29) is 6.04 Å². The lowest BCUT2D eigenvalue weighted by Crippen LogP contribution is -2.55. The van der Waals surface area contributed by atoms with Crippen LogP contribution in [0.25, 0.3) is 10.9 Å². The van der Waals surface area contributed by atoms with Crippen molar-refractivity contribution in [2.75, 3.05) is 19.3 Å². The van der Waals surface area contributed by atoms with E-state index in [0.717, 1.165) is 44.5 Å². The summed E-state index contributed by atoms with van der Waals surface area (Å²) in [6.07, 6.45) is 6.37. The van der Waals surface area contributed by atoms with Gasteiger partial charge < -0.3 is 10.3 Å². The highest BCUT2D eigenvalue weighted by molar-refractivity contribution is 7.97. The Morgan fingerprint density at radius 3 is 3.08 bits per heavy atom. The van der Waals surface area contributed by atoms with Crippen molar-refractivity contribution in [1.82, 2.24) is 15.2 Å². The van der Waals surface area contributed by atoms with Gasteiger partial charge in [-0.2, -0.15) is 11.8 Å². The summed E-state index contributed by atoms with van der Waals surface area (Å²) in [5.74, 6) is 1.55. The summed E-state index contributed by atoms with van der Waals surface area (Å²) in [5, 5.41) is 4.51. The summed E-state index contributed by atoms with van der Waals surface area (Å²) >= 11 is 1.88. The van der Waals surface area contributed by atoms with Crippen LogP contribution in [-0.2, 0) is 17.0 Å². The van der Waals surface area contributed by atoms with Crippen molar-refractivity contribution in [2.24, 2.45) is 0 Å². The highest BCUT2D eigenvalue weighted by atomic mass is 32.2. The van der Waals surface area contributed by atoms with Gasteiger partial charge in [0.1, 0.15) is 0 Å². The molecule has 1 fully saturated rings. The molecule has 4 nitrogen and oxygen atoms in total. The van der Waals surface area contributed by atoms with Crippen molar-refractivity contribution in [3.05, 3.63) is 35.0 Å². The van der Waals surface area contributed by atoms with Gasteiger partial charge in [0, 0.05) is 46.9 Å². The van der Waals surface area contributed by atoms with Crippen LogP contribution in [0.3, 0.4) is 0 Å². The van der Waals surface area contributed by atoms with Crippen LogP contribution >= 0.6 is 11.8 Å². The summed E-state index contributed by atoms with van der Waals surface area (Å²) in [6.45, 7) is 4.32. The van der Waals surface area contributed by atoms with Crippen LogP contribution in [0.4, 0.5) is 0 Å². The summed E-state index contributed by atoms with van der Waals surface area (Å²) in [6, 6.07) is 7.52. The number of carbonyl (C=O) groups excluding carboxylic acids is 1. The Bertz CT molecular complexity index is 772. The number of piperidine rings is 1. The second-order valence-electron chi connectivity index (χ2n) is 7.37. The number of nitrogens with zero attached hydrogens (tertiary/aromatic N) is 1. The van der Waals surface area contributed by atoms with Gasteiger partial charge in [-0.15, -0.1) is 0 Å². The van der Waals surface area contributed by atoms with Gasteiger partial charge in [0.15, 0.2) is 0 Å². The van der Waals surface area contributed by atoms with Gasteiger partial charge in [0.25, 0.3) is 0 Å². The fourth-order valence-corrected chi connectivity index (χ4v) is 5.52. The zero-order valence-corrected chi connectivity index (χ0v) is 15.9. The number of aromatic nitrogens is 1. The molecule has 0 radical (unpaired) electrons. The fraction of sp³-hybridized carbons (Fsp3) is 0.550. The number of likely N-dealkylation sites (tertiary alicyclic amines) is 1. The highest BCUT2D eigenvalue weighted by Crippen LogP contribution is 2.44. The number of rotatable bonds is 6. The van der Waals surface area contributed by atoms with Crippen molar-refractivity contribution in [1.29, 1.82) is 0 Å². The van der Waals surface area contributed by atoms with Crippen LogP contribution in [-0.4, -0.2) is 47.7 Å². The second-order valence-corrected chi connectivity index (χ2v) is 8.24. The molecule has 2 aromatic rings. The van der Waals surface area contributed by atoms with Crippen LogP contribution in [0.1, 0.15) is 42.5 Å². The molecule has 5 heteroatoms. The van der Waals surface area contributed by atoms with Crippen LogP contribution < -0.4 is 5.32 Å².